The maximum absolute atomic E-state index is 12.2. The van der Waals surface area contributed by atoms with Gasteiger partial charge in [0.25, 0.3) is 0 Å². The summed E-state index contributed by atoms with van der Waals surface area (Å²) in [6, 6.07) is 22.0. The van der Waals surface area contributed by atoms with Gasteiger partial charge in [0.2, 0.25) is 11.8 Å². The highest BCUT2D eigenvalue weighted by Crippen LogP contribution is 2.18. The fourth-order valence-electron chi connectivity index (χ4n) is 2.90. The number of amides is 2. The minimum atomic E-state index is -0.233. The number of nitrogens with one attached hydrogen (secondary N) is 2. The summed E-state index contributed by atoms with van der Waals surface area (Å²) in [5.41, 5.74) is 8.32. The minimum absolute atomic E-state index is 0.209. The second-order valence-electron chi connectivity index (χ2n) is 6.39. The van der Waals surface area contributed by atoms with Gasteiger partial charge in [0.1, 0.15) is 0 Å². The predicted molar refractivity (Wildman–Crippen MR) is 111 cm³/mol. The molecule has 4 nitrogen and oxygen atoms in total. The van der Waals surface area contributed by atoms with E-state index in [1.54, 1.807) is 0 Å². The number of aryl methyl sites for hydroxylation is 1. The van der Waals surface area contributed by atoms with Crippen molar-refractivity contribution in [3.8, 4) is 0 Å². The highest BCUT2D eigenvalue weighted by atomic mass is 32.2. The van der Waals surface area contributed by atoms with Gasteiger partial charge in [-0.3, -0.25) is 20.4 Å². The van der Waals surface area contributed by atoms with Crippen molar-refractivity contribution in [3.63, 3.8) is 0 Å². The molecule has 0 saturated heterocycles. The van der Waals surface area contributed by atoms with E-state index in [0.29, 0.717) is 5.75 Å². The quantitative estimate of drug-likeness (QED) is 0.642. The molecule has 27 heavy (non-hydrogen) atoms. The van der Waals surface area contributed by atoms with Crippen molar-refractivity contribution < 1.29 is 9.59 Å². The van der Waals surface area contributed by atoms with Gasteiger partial charge in [0, 0.05) is 5.75 Å². The Morgan fingerprint density at radius 3 is 2.48 bits per heavy atom. The third-order valence-corrected chi connectivity index (χ3v) is 5.16. The molecule has 0 heterocycles. The molecule has 0 aromatic heterocycles. The topological polar surface area (TPSA) is 58.2 Å². The largest absolute Gasteiger partial charge is 0.273 e. The van der Waals surface area contributed by atoms with Gasteiger partial charge in [-0.1, -0.05) is 72.3 Å². The smallest absolute Gasteiger partial charge is 0.248 e. The molecule has 0 aliphatic carbocycles. The Kier molecular flexibility index (Phi) is 6.49. The van der Waals surface area contributed by atoms with E-state index in [4.69, 9.17) is 0 Å². The average Bonchev–Trinajstić information content (AvgIpc) is 2.67. The number of carbonyl (C=O) groups is 2. The molecule has 0 saturated carbocycles. The highest BCUT2D eigenvalue weighted by Gasteiger charge is 2.08. The molecule has 0 aliphatic rings. The van der Waals surface area contributed by atoms with Gasteiger partial charge in [0.05, 0.1) is 12.2 Å². The molecule has 3 aromatic carbocycles. The normalized spacial score (nSPS) is 10.6. The van der Waals surface area contributed by atoms with Crippen molar-refractivity contribution >= 4 is 34.3 Å². The van der Waals surface area contributed by atoms with Gasteiger partial charge in [-0.2, -0.15) is 0 Å². The molecule has 2 N–H and O–H groups in total. The van der Waals surface area contributed by atoms with Gasteiger partial charge in [0.15, 0.2) is 0 Å². The number of rotatable bonds is 6. The second kappa shape index (κ2) is 9.24. The van der Waals surface area contributed by atoms with E-state index < -0.39 is 0 Å². The number of hydrogen-bond acceptors (Lipinski definition) is 3. The molecule has 0 spiro atoms. The minimum Gasteiger partial charge on any atom is -0.273 e. The number of hydrazine groups is 1. The van der Waals surface area contributed by atoms with Gasteiger partial charge < -0.3 is 0 Å². The lowest BCUT2D eigenvalue weighted by molar-refractivity contribution is -0.127. The van der Waals surface area contributed by atoms with Crippen molar-refractivity contribution in [3.05, 3.63) is 83.4 Å². The second-order valence-corrected chi connectivity index (χ2v) is 7.38. The van der Waals surface area contributed by atoms with Crippen molar-refractivity contribution in [1.29, 1.82) is 0 Å². The first-order chi connectivity index (χ1) is 13.1. The molecule has 0 radical (unpaired) electrons. The first-order valence-corrected chi connectivity index (χ1v) is 9.95. The molecule has 3 rings (SSSR count). The molecule has 0 fully saturated rings. The predicted octanol–water partition coefficient (Wildman–Crippen LogP) is 3.77. The molecular weight excluding hydrogens is 356 g/mol. The summed E-state index contributed by atoms with van der Waals surface area (Å²) in [7, 11) is 0. The van der Waals surface area contributed by atoms with Gasteiger partial charge in [-0.05, 0) is 28.8 Å². The van der Waals surface area contributed by atoms with Crippen LogP contribution in [0.15, 0.2) is 66.7 Å². The summed E-state index contributed by atoms with van der Waals surface area (Å²) in [4.78, 5) is 24.1. The Morgan fingerprint density at radius 2 is 1.63 bits per heavy atom. The molecule has 138 valence electrons. The number of thioether (sulfide) groups is 1. The van der Waals surface area contributed by atoms with Crippen molar-refractivity contribution in [2.24, 2.45) is 0 Å². The molecule has 0 unspecified atom stereocenters. The Bertz CT molecular complexity index is 950. The summed E-state index contributed by atoms with van der Waals surface area (Å²) < 4.78 is 0. The van der Waals surface area contributed by atoms with Gasteiger partial charge in [-0.15, -0.1) is 11.8 Å². The third-order valence-electron chi connectivity index (χ3n) is 4.16. The van der Waals surface area contributed by atoms with Crippen molar-refractivity contribution in [2.75, 3.05) is 5.75 Å². The monoisotopic (exact) mass is 378 g/mol. The Labute approximate surface area is 163 Å². The Hall–Kier alpha value is -2.79. The number of hydrogen-bond donors (Lipinski definition) is 2. The van der Waals surface area contributed by atoms with E-state index >= 15 is 0 Å². The van der Waals surface area contributed by atoms with E-state index in [1.807, 2.05) is 67.6 Å². The molecular formula is C22H22N2O2S. The molecule has 0 aliphatic heterocycles. The van der Waals surface area contributed by atoms with E-state index in [-0.39, 0.29) is 18.2 Å². The zero-order valence-electron chi connectivity index (χ0n) is 15.2. The third kappa shape index (κ3) is 5.59. The van der Waals surface area contributed by atoms with E-state index in [1.165, 1.54) is 22.9 Å². The van der Waals surface area contributed by atoms with Crippen LogP contribution in [0.1, 0.15) is 16.7 Å². The molecule has 2 amide bonds. The SMILES string of the molecule is Cc1cccc(CSCC(=O)NNC(=O)Cc2cccc3ccccc23)c1. The van der Waals surface area contributed by atoms with Crippen LogP contribution in [-0.2, 0) is 21.8 Å². The van der Waals surface area contributed by atoms with Crippen molar-refractivity contribution in [2.45, 2.75) is 19.1 Å². The summed E-state index contributed by atoms with van der Waals surface area (Å²) in [5, 5.41) is 2.15. The molecule has 5 heteroatoms. The standard InChI is InChI=1S/C22H22N2O2S/c1-16-6-4-7-17(12-16)14-27-15-22(26)24-23-21(25)13-19-10-5-9-18-8-2-3-11-20(18)19/h2-12H,13-15H2,1H3,(H,23,25)(H,24,26). The van der Waals surface area contributed by atoms with Crippen molar-refractivity contribution in [1.82, 2.24) is 10.9 Å². The van der Waals surface area contributed by atoms with Crippen LogP contribution >= 0.6 is 11.8 Å². The van der Waals surface area contributed by atoms with Gasteiger partial charge >= 0.3 is 0 Å². The van der Waals surface area contributed by atoms with Crippen LogP contribution in [-0.4, -0.2) is 17.6 Å². The summed E-state index contributed by atoms with van der Waals surface area (Å²) in [6.45, 7) is 2.05. The van der Waals surface area contributed by atoms with E-state index in [2.05, 4.69) is 16.9 Å². The van der Waals surface area contributed by atoms with Gasteiger partial charge in [-0.25, -0.2) is 0 Å². The molecule has 3 aromatic rings. The van der Waals surface area contributed by atoms with Crippen LogP contribution in [0.3, 0.4) is 0 Å². The maximum atomic E-state index is 12.2. The Balaban J connectivity index is 1.44. The van der Waals surface area contributed by atoms with Crippen LogP contribution in [0.5, 0.6) is 0 Å². The number of benzene rings is 3. The number of fused-ring (bicyclic) bond motifs is 1. The van der Waals surface area contributed by atoms with Crippen LogP contribution < -0.4 is 10.9 Å². The lowest BCUT2D eigenvalue weighted by atomic mass is 10.0. The maximum Gasteiger partial charge on any atom is 0.248 e. The van der Waals surface area contributed by atoms with E-state index in [9.17, 15) is 9.59 Å². The highest BCUT2D eigenvalue weighted by molar-refractivity contribution is 7.99. The van der Waals surface area contributed by atoms with Crippen LogP contribution in [0, 0.1) is 6.92 Å². The first-order valence-electron chi connectivity index (χ1n) is 8.79. The summed E-state index contributed by atoms with van der Waals surface area (Å²) in [5.74, 6) is 0.615. The summed E-state index contributed by atoms with van der Waals surface area (Å²) in [6.07, 6.45) is 0.220. The van der Waals surface area contributed by atoms with E-state index in [0.717, 1.165) is 22.1 Å². The lowest BCUT2D eigenvalue weighted by Gasteiger charge is -2.09. The first kappa shape index (κ1) is 19.0. The van der Waals surface area contributed by atoms with Crippen LogP contribution in [0.2, 0.25) is 0 Å². The fourth-order valence-corrected chi connectivity index (χ4v) is 3.68. The molecule has 0 atom stereocenters. The zero-order valence-corrected chi connectivity index (χ0v) is 16.0. The van der Waals surface area contributed by atoms with Crippen LogP contribution in [0.25, 0.3) is 10.8 Å². The average molecular weight is 378 g/mol. The Morgan fingerprint density at radius 1 is 0.889 bits per heavy atom. The zero-order chi connectivity index (χ0) is 19.1. The molecule has 0 bridgehead atoms. The summed E-state index contributed by atoms with van der Waals surface area (Å²) >= 11 is 1.52. The fraction of sp³-hybridized carbons (Fsp3) is 0.182. The lowest BCUT2D eigenvalue weighted by Crippen LogP contribution is -2.43. The van der Waals surface area contributed by atoms with Crippen LogP contribution in [0.4, 0.5) is 0 Å². The number of carbonyl (C=O) groups excluding carboxylic acids is 2.